The topological polar surface area (TPSA) is 97.8 Å². The first-order valence-electron chi connectivity index (χ1n) is 4.47. The number of carbonyl (C=O) groups is 1. The van der Waals surface area contributed by atoms with E-state index in [1.165, 1.54) is 6.92 Å². The van der Waals surface area contributed by atoms with Gasteiger partial charge in [-0.25, -0.2) is 21.6 Å². The Hall–Kier alpha value is -0.640. The van der Waals surface area contributed by atoms with Crippen LogP contribution < -0.4 is 0 Å². The van der Waals surface area contributed by atoms with Gasteiger partial charge in [-0.05, 0) is 6.92 Å². The summed E-state index contributed by atoms with van der Waals surface area (Å²) in [6.45, 7) is 3.95. The maximum Gasteiger partial charge on any atom is 0.333 e. The van der Waals surface area contributed by atoms with E-state index in [0.717, 1.165) is 12.5 Å². The van der Waals surface area contributed by atoms with Gasteiger partial charge in [0, 0.05) is 5.57 Å². The number of sulfonamides is 2. The summed E-state index contributed by atoms with van der Waals surface area (Å²) in [7, 11) is -7.82. The third-order valence-electron chi connectivity index (χ3n) is 1.60. The highest BCUT2D eigenvalue weighted by Crippen LogP contribution is 2.05. The molecule has 0 unspecified atom stereocenters. The highest BCUT2D eigenvalue weighted by molar-refractivity contribution is 8.03. The minimum atomic E-state index is -3.91. The third kappa shape index (κ3) is 6.94. The number of ether oxygens (including phenoxy) is 1. The zero-order valence-corrected chi connectivity index (χ0v) is 12.7. The molecular weight excluding hydrogens is 306 g/mol. The zero-order chi connectivity index (χ0) is 13.9. The van der Waals surface area contributed by atoms with Gasteiger partial charge in [-0.15, -0.1) is 12.4 Å². The second-order valence-corrected chi connectivity index (χ2v) is 7.48. The number of carbonyl (C=O) groups excluding carboxylic acids is 1. The molecule has 0 aliphatic heterocycles. The lowest BCUT2D eigenvalue weighted by molar-refractivity contribution is -0.138. The molecule has 0 rings (SSSR count). The summed E-state index contributed by atoms with van der Waals surface area (Å²) >= 11 is 0. The van der Waals surface area contributed by atoms with E-state index in [9.17, 15) is 21.6 Å². The predicted molar refractivity (Wildman–Crippen MR) is 69.4 cm³/mol. The van der Waals surface area contributed by atoms with Crippen LogP contribution in [0.1, 0.15) is 6.92 Å². The van der Waals surface area contributed by atoms with Crippen molar-refractivity contribution in [3.05, 3.63) is 12.2 Å². The molecule has 0 N–H and O–H groups in total. The molecule has 0 aromatic heterocycles. The Morgan fingerprint density at radius 1 is 1.17 bits per heavy atom. The molecule has 0 aromatic carbocycles. The number of esters is 1. The summed E-state index contributed by atoms with van der Waals surface area (Å²) in [5, 5.41) is 0. The molecule has 0 aliphatic carbocycles. The van der Waals surface area contributed by atoms with E-state index in [1.54, 1.807) is 0 Å². The quantitative estimate of drug-likeness (QED) is 0.494. The first-order chi connectivity index (χ1) is 7.46. The molecule has 10 heteroatoms. The molecule has 0 aromatic rings. The van der Waals surface area contributed by atoms with Gasteiger partial charge in [-0.3, -0.25) is 0 Å². The molecule has 0 aliphatic rings. The second-order valence-electron chi connectivity index (χ2n) is 3.44. The van der Waals surface area contributed by atoms with E-state index in [0.29, 0.717) is 0 Å². The summed E-state index contributed by atoms with van der Waals surface area (Å²) in [4.78, 5) is 11.0. The lowest BCUT2D eigenvalue weighted by Gasteiger charge is -2.17. The van der Waals surface area contributed by atoms with Gasteiger partial charge in [-0.2, -0.15) is 0 Å². The molecule has 7 nitrogen and oxygen atoms in total. The van der Waals surface area contributed by atoms with Gasteiger partial charge < -0.3 is 4.74 Å². The fraction of sp³-hybridized carbons (Fsp3) is 0.625. The average molecular weight is 322 g/mol. The van der Waals surface area contributed by atoms with Gasteiger partial charge in [-0.1, -0.05) is 10.3 Å². The lowest BCUT2D eigenvalue weighted by Crippen LogP contribution is -2.38. The molecule has 0 atom stereocenters. The van der Waals surface area contributed by atoms with Crippen molar-refractivity contribution < 1.29 is 26.4 Å². The summed E-state index contributed by atoms with van der Waals surface area (Å²) in [5.74, 6) is -0.702. The standard InChI is InChI=1S/C8H15NO6S2.ClH/c1-7(2)8(10)15-6-5-9(16(3,11)12)17(4,13)14;/h1,5-6H2,2-4H3;1H. The lowest BCUT2D eigenvalue weighted by atomic mass is 10.4. The van der Waals surface area contributed by atoms with E-state index < -0.39 is 32.6 Å². The van der Waals surface area contributed by atoms with Crippen LogP contribution in [0.3, 0.4) is 0 Å². The second kappa shape index (κ2) is 7.07. The van der Waals surface area contributed by atoms with Gasteiger partial charge in [0.1, 0.15) is 6.61 Å². The maximum absolute atomic E-state index is 11.2. The summed E-state index contributed by atoms with van der Waals surface area (Å²) in [6.07, 6.45) is 1.52. The first-order valence-corrected chi connectivity index (χ1v) is 8.16. The molecule has 0 saturated carbocycles. The highest BCUT2D eigenvalue weighted by Gasteiger charge is 2.26. The fourth-order valence-corrected chi connectivity index (χ4v) is 3.69. The third-order valence-corrected chi connectivity index (χ3v) is 5.06. The molecule has 0 heterocycles. The number of halogens is 1. The van der Waals surface area contributed by atoms with Gasteiger partial charge in [0.25, 0.3) is 0 Å². The molecule has 0 radical (unpaired) electrons. The fourth-order valence-electron chi connectivity index (χ4n) is 0.914. The SMILES string of the molecule is C=C(C)C(=O)OCCN(S(C)(=O)=O)S(C)(=O)=O.Cl. The van der Waals surface area contributed by atoms with Crippen molar-refractivity contribution in [2.45, 2.75) is 6.92 Å². The van der Waals surface area contributed by atoms with Crippen LogP contribution in [-0.4, -0.2) is 52.2 Å². The number of nitrogens with zero attached hydrogens (tertiary/aromatic N) is 1. The van der Waals surface area contributed by atoms with Gasteiger partial charge >= 0.3 is 5.97 Å². The predicted octanol–water partition coefficient (Wildman–Crippen LogP) is -0.251. The Labute approximate surface area is 113 Å². The molecule has 108 valence electrons. The van der Waals surface area contributed by atoms with Crippen molar-refractivity contribution >= 4 is 38.4 Å². The molecule has 0 amide bonds. The van der Waals surface area contributed by atoms with Crippen molar-refractivity contribution in [1.82, 2.24) is 3.71 Å². The van der Waals surface area contributed by atoms with Crippen LogP contribution in [0.25, 0.3) is 0 Å². The molecule has 0 spiro atoms. The van der Waals surface area contributed by atoms with E-state index in [4.69, 9.17) is 0 Å². The zero-order valence-electron chi connectivity index (χ0n) is 10.2. The van der Waals surface area contributed by atoms with Crippen LogP contribution in [0.4, 0.5) is 0 Å². The molecule has 0 bridgehead atoms. The van der Waals surface area contributed by atoms with Crippen molar-refractivity contribution in [2.24, 2.45) is 0 Å². The van der Waals surface area contributed by atoms with Crippen molar-refractivity contribution in [3.8, 4) is 0 Å². The summed E-state index contributed by atoms with van der Waals surface area (Å²) in [6, 6.07) is 0. The van der Waals surface area contributed by atoms with Crippen LogP contribution in [0.5, 0.6) is 0 Å². The molecular formula is C8H16ClNO6S2. The normalized spacial score (nSPS) is 11.8. The summed E-state index contributed by atoms with van der Waals surface area (Å²) < 4.78 is 49.6. The van der Waals surface area contributed by atoms with Crippen molar-refractivity contribution in [1.29, 1.82) is 0 Å². The van der Waals surface area contributed by atoms with Gasteiger partial charge in [0.05, 0.1) is 19.1 Å². The van der Waals surface area contributed by atoms with E-state index in [-0.39, 0.29) is 28.3 Å². The van der Waals surface area contributed by atoms with Crippen molar-refractivity contribution in [2.75, 3.05) is 25.7 Å². The van der Waals surface area contributed by atoms with E-state index >= 15 is 0 Å². The molecule has 18 heavy (non-hydrogen) atoms. The van der Waals surface area contributed by atoms with Gasteiger partial charge in [0.15, 0.2) is 0 Å². The minimum absolute atomic E-state index is 0. The van der Waals surface area contributed by atoms with E-state index in [2.05, 4.69) is 11.3 Å². The van der Waals surface area contributed by atoms with Crippen LogP contribution in [0.15, 0.2) is 12.2 Å². The number of hydrogen-bond acceptors (Lipinski definition) is 6. The van der Waals surface area contributed by atoms with Gasteiger partial charge in [0.2, 0.25) is 20.0 Å². The minimum Gasteiger partial charge on any atom is -0.461 e. The maximum atomic E-state index is 11.2. The van der Waals surface area contributed by atoms with Crippen LogP contribution in [0, 0.1) is 0 Å². The van der Waals surface area contributed by atoms with Crippen LogP contribution in [0.2, 0.25) is 0 Å². The Balaban J connectivity index is 0. The average Bonchev–Trinajstić information content (AvgIpc) is 2.07. The Morgan fingerprint density at radius 2 is 1.56 bits per heavy atom. The summed E-state index contributed by atoms with van der Waals surface area (Å²) in [5.41, 5.74) is 0.148. The van der Waals surface area contributed by atoms with Crippen LogP contribution in [-0.2, 0) is 29.6 Å². The highest BCUT2D eigenvalue weighted by atomic mass is 35.5. The molecule has 0 fully saturated rings. The number of rotatable bonds is 6. The first kappa shape index (κ1) is 19.7. The molecule has 0 saturated heterocycles. The number of hydrogen-bond donors (Lipinski definition) is 0. The Kier molecular flexibility index (Phi) is 7.74. The monoisotopic (exact) mass is 321 g/mol. The van der Waals surface area contributed by atoms with E-state index in [1.807, 2.05) is 0 Å². The van der Waals surface area contributed by atoms with Crippen LogP contribution >= 0.6 is 12.4 Å². The largest absolute Gasteiger partial charge is 0.461 e. The smallest absolute Gasteiger partial charge is 0.333 e. The Morgan fingerprint density at radius 3 is 1.83 bits per heavy atom. The Bertz CT molecular complexity index is 478. The van der Waals surface area contributed by atoms with Crippen molar-refractivity contribution in [3.63, 3.8) is 0 Å².